The first-order valence-electron chi connectivity index (χ1n) is 5.42. The van der Waals surface area contributed by atoms with Crippen LogP contribution >= 0.6 is 11.6 Å². The van der Waals surface area contributed by atoms with E-state index < -0.39 is 0 Å². The van der Waals surface area contributed by atoms with Crippen LogP contribution < -0.4 is 5.32 Å². The van der Waals surface area contributed by atoms with Crippen LogP contribution in [0.1, 0.15) is 23.2 Å². The lowest BCUT2D eigenvalue weighted by Gasteiger charge is -2.21. The molecule has 1 aromatic carbocycles. The minimum Gasteiger partial charge on any atom is -0.507 e. The molecule has 0 saturated carbocycles. The molecule has 16 heavy (non-hydrogen) atoms. The lowest BCUT2D eigenvalue weighted by atomic mass is 9.89. The van der Waals surface area contributed by atoms with Crippen molar-refractivity contribution in [3.8, 4) is 5.75 Å². The van der Waals surface area contributed by atoms with E-state index in [-0.39, 0.29) is 17.5 Å². The number of nitrogens with one attached hydrogen (secondary N) is 1. The highest BCUT2D eigenvalue weighted by Gasteiger charge is 2.24. The molecule has 0 unspecified atom stereocenters. The predicted octanol–water partition coefficient (Wildman–Crippen LogP) is 2.23. The average Bonchev–Trinajstić information content (AvgIpc) is 2.32. The monoisotopic (exact) mass is 239 g/mol. The number of rotatable bonds is 2. The smallest absolute Gasteiger partial charge is 0.169 e. The second-order valence-corrected chi connectivity index (χ2v) is 4.49. The summed E-state index contributed by atoms with van der Waals surface area (Å²) in [6.07, 6.45) is 1.65. The molecule has 1 aliphatic rings. The normalized spacial score (nSPS) is 17.3. The van der Waals surface area contributed by atoms with Crippen LogP contribution in [0.3, 0.4) is 0 Å². The number of halogens is 1. The van der Waals surface area contributed by atoms with Crippen LogP contribution in [0.5, 0.6) is 5.75 Å². The van der Waals surface area contributed by atoms with E-state index in [0.717, 1.165) is 25.9 Å². The number of hydrogen-bond donors (Lipinski definition) is 2. The first-order valence-corrected chi connectivity index (χ1v) is 5.79. The van der Waals surface area contributed by atoms with Gasteiger partial charge < -0.3 is 10.4 Å². The summed E-state index contributed by atoms with van der Waals surface area (Å²) >= 11 is 5.82. The van der Waals surface area contributed by atoms with Crippen molar-refractivity contribution in [2.75, 3.05) is 13.1 Å². The number of carbonyl (C=O) groups excluding carboxylic acids is 1. The van der Waals surface area contributed by atoms with Crippen molar-refractivity contribution in [1.29, 1.82) is 0 Å². The summed E-state index contributed by atoms with van der Waals surface area (Å²) in [5.74, 6) is 0.0278. The van der Waals surface area contributed by atoms with Gasteiger partial charge in [0.15, 0.2) is 5.78 Å². The lowest BCUT2D eigenvalue weighted by Crippen LogP contribution is -2.31. The number of phenolic OH excluding ortho intramolecular Hbond substituents is 1. The van der Waals surface area contributed by atoms with Crippen molar-refractivity contribution in [2.45, 2.75) is 12.8 Å². The predicted molar refractivity (Wildman–Crippen MR) is 63.0 cm³/mol. The number of carbonyl (C=O) groups is 1. The van der Waals surface area contributed by atoms with Gasteiger partial charge >= 0.3 is 0 Å². The van der Waals surface area contributed by atoms with Gasteiger partial charge in [-0.25, -0.2) is 0 Å². The van der Waals surface area contributed by atoms with Gasteiger partial charge in [-0.2, -0.15) is 0 Å². The summed E-state index contributed by atoms with van der Waals surface area (Å²) in [6, 6.07) is 4.59. The topological polar surface area (TPSA) is 49.3 Å². The maximum Gasteiger partial charge on any atom is 0.169 e. The van der Waals surface area contributed by atoms with Gasteiger partial charge in [0.1, 0.15) is 5.75 Å². The largest absolute Gasteiger partial charge is 0.507 e. The molecule has 3 nitrogen and oxygen atoms in total. The van der Waals surface area contributed by atoms with E-state index >= 15 is 0 Å². The highest BCUT2D eigenvalue weighted by molar-refractivity contribution is 6.31. The fourth-order valence-corrected chi connectivity index (χ4v) is 2.18. The first-order chi connectivity index (χ1) is 7.68. The Labute approximate surface area is 99.4 Å². The minimum atomic E-state index is 0.00139. The Bertz CT molecular complexity index is 400. The maximum atomic E-state index is 12.1. The summed E-state index contributed by atoms with van der Waals surface area (Å²) in [4.78, 5) is 12.1. The van der Waals surface area contributed by atoms with Gasteiger partial charge in [0.2, 0.25) is 0 Å². The van der Waals surface area contributed by atoms with Crippen molar-refractivity contribution in [1.82, 2.24) is 5.32 Å². The molecule has 4 heteroatoms. The molecule has 1 aromatic rings. The lowest BCUT2D eigenvalue weighted by molar-refractivity contribution is 0.0892. The Kier molecular flexibility index (Phi) is 3.46. The summed E-state index contributed by atoms with van der Waals surface area (Å²) in [5, 5.41) is 13.3. The molecule has 1 saturated heterocycles. The zero-order chi connectivity index (χ0) is 11.5. The van der Waals surface area contributed by atoms with Crippen LogP contribution in [0.4, 0.5) is 0 Å². The van der Waals surface area contributed by atoms with E-state index in [4.69, 9.17) is 11.6 Å². The van der Waals surface area contributed by atoms with E-state index in [0.29, 0.717) is 10.6 Å². The zero-order valence-electron chi connectivity index (χ0n) is 8.87. The summed E-state index contributed by atoms with van der Waals surface area (Å²) < 4.78 is 0. The SMILES string of the molecule is O=C(c1cc(Cl)ccc1O)C1CCNCC1. The number of phenols is 1. The van der Waals surface area contributed by atoms with Crippen molar-refractivity contribution in [3.05, 3.63) is 28.8 Å². The van der Waals surface area contributed by atoms with Crippen LogP contribution in [0.2, 0.25) is 5.02 Å². The van der Waals surface area contributed by atoms with Gasteiger partial charge in [0.25, 0.3) is 0 Å². The Morgan fingerprint density at radius 2 is 2.06 bits per heavy atom. The van der Waals surface area contributed by atoms with E-state index in [1.54, 1.807) is 12.1 Å². The molecular formula is C12H14ClNO2. The molecule has 0 radical (unpaired) electrons. The molecule has 0 atom stereocenters. The number of benzene rings is 1. The summed E-state index contributed by atoms with van der Waals surface area (Å²) in [6.45, 7) is 1.72. The molecule has 0 aromatic heterocycles. The molecule has 0 amide bonds. The molecular weight excluding hydrogens is 226 g/mol. The van der Waals surface area contributed by atoms with E-state index in [1.165, 1.54) is 6.07 Å². The number of hydrogen-bond acceptors (Lipinski definition) is 3. The van der Waals surface area contributed by atoms with Crippen LogP contribution in [0, 0.1) is 5.92 Å². The second kappa shape index (κ2) is 4.85. The minimum absolute atomic E-state index is 0.00139. The average molecular weight is 240 g/mol. The third kappa shape index (κ3) is 2.36. The van der Waals surface area contributed by atoms with Gasteiger partial charge in [0, 0.05) is 10.9 Å². The standard InChI is InChI=1S/C12H14ClNO2/c13-9-1-2-11(15)10(7-9)12(16)8-3-5-14-6-4-8/h1-2,7-8,14-15H,3-6H2. The summed E-state index contributed by atoms with van der Waals surface area (Å²) in [5.41, 5.74) is 0.347. The molecule has 0 spiro atoms. The van der Waals surface area contributed by atoms with Gasteiger partial charge in [-0.05, 0) is 44.1 Å². The van der Waals surface area contributed by atoms with Crippen molar-refractivity contribution >= 4 is 17.4 Å². The number of piperidine rings is 1. The zero-order valence-corrected chi connectivity index (χ0v) is 9.63. The molecule has 1 fully saturated rings. The second-order valence-electron chi connectivity index (χ2n) is 4.05. The van der Waals surface area contributed by atoms with Crippen molar-refractivity contribution < 1.29 is 9.90 Å². The number of ketones is 1. The molecule has 0 aliphatic carbocycles. The van der Waals surface area contributed by atoms with Crippen LogP contribution in [0.15, 0.2) is 18.2 Å². The van der Waals surface area contributed by atoms with Crippen LogP contribution in [0.25, 0.3) is 0 Å². The summed E-state index contributed by atoms with van der Waals surface area (Å²) in [7, 11) is 0. The number of aromatic hydroxyl groups is 1. The van der Waals surface area contributed by atoms with Crippen LogP contribution in [-0.4, -0.2) is 24.0 Å². The fourth-order valence-electron chi connectivity index (χ4n) is 2.01. The van der Waals surface area contributed by atoms with Gasteiger partial charge in [0.05, 0.1) is 5.56 Å². The highest BCUT2D eigenvalue weighted by Crippen LogP contribution is 2.26. The molecule has 1 aliphatic heterocycles. The molecule has 1 heterocycles. The number of Topliss-reactive ketones (excluding diaryl/α,β-unsaturated/α-hetero) is 1. The van der Waals surface area contributed by atoms with E-state index in [2.05, 4.69) is 5.32 Å². The Morgan fingerprint density at radius 1 is 1.38 bits per heavy atom. The van der Waals surface area contributed by atoms with E-state index in [9.17, 15) is 9.90 Å². The first kappa shape index (κ1) is 11.4. The molecule has 0 bridgehead atoms. The third-order valence-corrected chi connectivity index (χ3v) is 3.17. The fraction of sp³-hybridized carbons (Fsp3) is 0.417. The van der Waals surface area contributed by atoms with Crippen molar-refractivity contribution in [3.63, 3.8) is 0 Å². The maximum absolute atomic E-state index is 12.1. The Morgan fingerprint density at radius 3 is 2.75 bits per heavy atom. The van der Waals surface area contributed by atoms with E-state index in [1.807, 2.05) is 0 Å². The van der Waals surface area contributed by atoms with Gasteiger partial charge in [-0.1, -0.05) is 11.6 Å². The molecule has 2 N–H and O–H groups in total. The van der Waals surface area contributed by atoms with Crippen LogP contribution in [-0.2, 0) is 0 Å². The Balaban J connectivity index is 2.22. The Hall–Kier alpha value is -1.06. The van der Waals surface area contributed by atoms with Gasteiger partial charge in [-0.15, -0.1) is 0 Å². The molecule has 2 rings (SSSR count). The quantitative estimate of drug-likeness (QED) is 0.779. The third-order valence-electron chi connectivity index (χ3n) is 2.93. The highest BCUT2D eigenvalue weighted by atomic mass is 35.5. The van der Waals surface area contributed by atoms with Crippen molar-refractivity contribution in [2.24, 2.45) is 5.92 Å². The molecule has 86 valence electrons. The van der Waals surface area contributed by atoms with Gasteiger partial charge in [-0.3, -0.25) is 4.79 Å².